The number of carboxylic acid groups (broad SMARTS) is 1. The van der Waals surface area contributed by atoms with Crippen LogP contribution in [0.1, 0.15) is 12.0 Å². The molecule has 0 bridgehead atoms. The molecule has 1 fully saturated rings. The van der Waals surface area contributed by atoms with Gasteiger partial charge in [-0.3, -0.25) is 9.69 Å². The van der Waals surface area contributed by atoms with Crippen molar-refractivity contribution in [3.05, 3.63) is 66.2 Å². The number of morpholine rings is 1. The van der Waals surface area contributed by atoms with Crippen LogP contribution in [0.2, 0.25) is 0 Å². The van der Waals surface area contributed by atoms with Crippen LogP contribution in [0.25, 0.3) is 0 Å². The van der Waals surface area contributed by atoms with Gasteiger partial charge in [0.15, 0.2) is 0 Å². The van der Waals surface area contributed by atoms with E-state index in [2.05, 4.69) is 0 Å². The van der Waals surface area contributed by atoms with Crippen molar-refractivity contribution in [2.45, 2.75) is 23.9 Å². The third-order valence-corrected chi connectivity index (χ3v) is 6.00. The maximum Gasteiger partial charge on any atom is 0.407 e. The van der Waals surface area contributed by atoms with Gasteiger partial charge in [0.2, 0.25) is 5.91 Å². The van der Waals surface area contributed by atoms with Gasteiger partial charge in [0.05, 0.1) is 19.3 Å². The Morgan fingerprint density at radius 1 is 1.03 bits per heavy atom. The van der Waals surface area contributed by atoms with Gasteiger partial charge in [-0.15, -0.1) is 11.8 Å². The molecule has 7 heteroatoms. The first-order chi connectivity index (χ1) is 14.1. The number of carbonyl (C=O) groups is 2. The van der Waals surface area contributed by atoms with E-state index in [0.29, 0.717) is 32.1 Å². The maximum atomic E-state index is 12.8. The van der Waals surface area contributed by atoms with Crippen molar-refractivity contribution in [1.29, 1.82) is 0 Å². The minimum Gasteiger partial charge on any atom is -0.465 e. The molecule has 154 valence electrons. The summed E-state index contributed by atoms with van der Waals surface area (Å²) in [4.78, 5) is 29.1. The zero-order valence-corrected chi connectivity index (χ0v) is 17.1. The summed E-state index contributed by atoms with van der Waals surface area (Å²) < 4.78 is 5.32. The van der Waals surface area contributed by atoms with E-state index in [-0.39, 0.29) is 18.9 Å². The van der Waals surface area contributed by atoms with Gasteiger partial charge >= 0.3 is 6.09 Å². The number of rotatable bonds is 8. The topological polar surface area (TPSA) is 70.1 Å². The summed E-state index contributed by atoms with van der Waals surface area (Å²) >= 11 is 1.57. The van der Waals surface area contributed by atoms with Gasteiger partial charge in [0.1, 0.15) is 0 Å². The molecule has 2 aromatic carbocycles. The second kappa shape index (κ2) is 10.9. The van der Waals surface area contributed by atoms with Gasteiger partial charge in [0.25, 0.3) is 0 Å². The number of hydrogen-bond acceptors (Lipinski definition) is 4. The molecular weight excluding hydrogens is 388 g/mol. The predicted octanol–water partition coefficient (Wildman–Crippen LogP) is 3.58. The molecule has 1 unspecified atom stereocenters. The summed E-state index contributed by atoms with van der Waals surface area (Å²) in [5, 5.41) is 9.90. The molecule has 3 rings (SSSR count). The Balaban J connectivity index is 1.74. The first-order valence-corrected chi connectivity index (χ1v) is 10.7. The van der Waals surface area contributed by atoms with Crippen LogP contribution in [0.4, 0.5) is 4.79 Å². The van der Waals surface area contributed by atoms with Crippen molar-refractivity contribution in [2.24, 2.45) is 0 Å². The van der Waals surface area contributed by atoms with Crippen LogP contribution < -0.4 is 0 Å². The van der Waals surface area contributed by atoms with Crippen LogP contribution in [0.15, 0.2) is 65.6 Å². The van der Waals surface area contributed by atoms with Gasteiger partial charge < -0.3 is 14.7 Å². The Kier molecular flexibility index (Phi) is 7.95. The highest BCUT2D eigenvalue weighted by Crippen LogP contribution is 2.23. The minimum atomic E-state index is -1.01. The van der Waals surface area contributed by atoms with E-state index in [1.54, 1.807) is 16.7 Å². The van der Waals surface area contributed by atoms with Crippen LogP contribution in [0, 0.1) is 0 Å². The van der Waals surface area contributed by atoms with E-state index in [4.69, 9.17) is 4.74 Å². The number of ether oxygens (including phenoxy) is 1. The van der Waals surface area contributed by atoms with E-state index in [9.17, 15) is 14.7 Å². The zero-order valence-electron chi connectivity index (χ0n) is 16.3. The molecule has 1 aliphatic heterocycles. The average Bonchev–Trinajstić information content (AvgIpc) is 2.77. The summed E-state index contributed by atoms with van der Waals surface area (Å²) in [6.07, 6.45) is -0.846. The number of amides is 2. The molecule has 2 aromatic rings. The van der Waals surface area contributed by atoms with Crippen LogP contribution in [-0.4, -0.2) is 65.0 Å². The fourth-order valence-corrected chi connectivity index (χ4v) is 4.28. The monoisotopic (exact) mass is 414 g/mol. The second-order valence-electron chi connectivity index (χ2n) is 6.87. The minimum absolute atomic E-state index is 0.0220. The lowest BCUT2D eigenvalue weighted by molar-refractivity contribution is -0.136. The molecule has 1 atom stereocenters. The van der Waals surface area contributed by atoms with E-state index in [1.165, 1.54) is 4.90 Å². The fourth-order valence-electron chi connectivity index (χ4n) is 3.24. The molecule has 1 aliphatic rings. The number of hydrogen-bond donors (Lipinski definition) is 1. The summed E-state index contributed by atoms with van der Waals surface area (Å²) in [6.45, 7) is 2.43. The summed E-state index contributed by atoms with van der Waals surface area (Å²) in [5.74, 6) is 0.491. The first kappa shape index (κ1) is 21.2. The lowest BCUT2D eigenvalue weighted by Gasteiger charge is -2.32. The van der Waals surface area contributed by atoms with Gasteiger partial charge in [0, 0.05) is 36.7 Å². The van der Waals surface area contributed by atoms with Crippen molar-refractivity contribution >= 4 is 23.8 Å². The van der Waals surface area contributed by atoms with Crippen molar-refractivity contribution in [3.8, 4) is 0 Å². The van der Waals surface area contributed by atoms with Crippen molar-refractivity contribution in [3.63, 3.8) is 0 Å². The third-order valence-electron chi connectivity index (χ3n) is 4.84. The number of thioether (sulfide) groups is 1. The normalized spacial score (nSPS) is 15.0. The fraction of sp³-hybridized carbons (Fsp3) is 0.364. The highest BCUT2D eigenvalue weighted by Gasteiger charge is 2.28. The van der Waals surface area contributed by atoms with Crippen LogP contribution >= 0.6 is 11.8 Å². The molecular formula is C22H26N2O4S. The SMILES string of the molecule is O=C(CC(CSc1ccccc1)N(Cc1ccccc1)C(=O)O)N1CCOCC1. The molecule has 2 amide bonds. The lowest BCUT2D eigenvalue weighted by Crippen LogP contribution is -2.47. The molecule has 6 nitrogen and oxygen atoms in total. The summed E-state index contributed by atoms with van der Waals surface area (Å²) in [6, 6.07) is 18.9. The molecule has 1 heterocycles. The zero-order chi connectivity index (χ0) is 20.5. The van der Waals surface area contributed by atoms with Crippen LogP contribution in [-0.2, 0) is 16.1 Å². The predicted molar refractivity (Wildman–Crippen MR) is 113 cm³/mol. The highest BCUT2D eigenvalue weighted by atomic mass is 32.2. The molecule has 0 saturated carbocycles. The average molecular weight is 415 g/mol. The van der Waals surface area contributed by atoms with E-state index in [0.717, 1.165) is 10.5 Å². The van der Waals surface area contributed by atoms with Crippen LogP contribution in [0.3, 0.4) is 0 Å². The summed E-state index contributed by atoms with van der Waals surface area (Å²) in [7, 11) is 0. The second-order valence-corrected chi connectivity index (χ2v) is 7.96. The van der Waals surface area contributed by atoms with Gasteiger partial charge in [-0.25, -0.2) is 4.79 Å². The van der Waals surface area contributed by atoms with Crippen LogP contribution in [0.5, 0.6) is 0 Å². The largest absolute Gasteiger partial charge is 0.465 e. The quantitative estimate of drug-likeness (QED) is 0.669. The smallest absolute Gasteiger partial charge is 0.407 e. The van der Waals surface area contributed by atoms with Crippen molar-refractivity contribution < 1.29 is 19.4 Å². The number of benzene rings is 2. The van der Waals surface area contributed by atoms with Crippen molar-refractivity contribution in [1.82, 2.24) is 9.80 Å². The Bertz CT molecular complexity index is 782. The Morgan fingerprint density at radius 2 is 1.66 bits per heavy atom. The maximum absolute atomic E-state index is 12.8. The van der Waals surface area contributed by atoms with Gasteiger partial charge in [-0.1, -0.05) is 48.5 Å². The number of nitrogens with zero attached hydrogens (tertiary/aromatic N) is 2. The van der Waals surface area contributed by atoms with E-state index in [1.807, 2.05) is 60.7 Å². The summed E-state index contributed by atoms with van der Waals surface area (Å²) in [5.41, 5.74) is 0.906. The van der Waals surface area contributed by atoms with Gasteiger partial charge in [-0.05, 0) is 17.7 Å². The van der Waals surface area contributed by atoms with Gasteiger partial charge in [-0.2, -0.15) is 0 Å². The Hall–Kier alpha value is -2.51. The molecule has 0 spiro atoms. The molecule has 0 aromatic heterocycles. The molecule has 0 aliphatic carbocycles. The molecule has 0 radical (unpaired) electrons. The number of carbonyl (C=O) groups excluding carboxylic acids is 1. The molecule has 29 heavy (non-hydrogen) atoms. The molecule has 1 N–H and O–H groups in total. The standard InChI is InChI=1S/C22H26N2O4S/c25-21(23-11-13-28-14-12-23)15-19(17-29-20-9-5-2-6-10-20)24(22(26)27)16-18-7-3-1-4-8-18/h1-10,19H,11-17H2,(H,26,27). The Morgan fingerprint density at radius 3 is 2.28 bits per heavy atom. The van der Waals surface area contributed by atoms with Crippen molar-refractivity contribution in [2.75, 3.05) is 32.1 Å². The van der Waals surface area contributed by atoms with E-state index >= 15 is 0 Å². The lowest BCUT2D eigenvalue weighted by atomic mass is 10.1. The third kappa shape index (κ3) is 6.51. The molecule has 1 saturated heterocycles. The highest BCUT2D eigenvalue weighted by molar-refractivity contribution is 7.99. The van der Waals surface area contributed by atoms with E-state index < -0.39 is 12.1 Å². The first-order valence-electron chi connectivity index (χ1n) is 9.70. The Labute approximate surface area is 175 Å².